The van der Waals surface area contributed by atoms with Gasteiger partial charge in [-0.2, -0.15) is 0 Å². The van der Waals surface area contributed by atoms with Crippen LogP contribution in [-0.2, 0) is 14.8 Å². The fourth-order valence-electron chi connectivity index (χ4n) is 4.62. The molecule has 9 nitrogen and oxygen atoms in total. The Morgan fingerprint density at radius 2 is 1.63 bits per heavy atom. The molecule has 0 bridgehead atoms. The number of aliphatic hydroxyl groups is 2. The normalized spacial score (nSPS) is 24.9. The lowest BCUT2D eigenvalue weighted by atomic mass is 10.0. The average Bonchev–Trinajstić information content (AvgIpc) is 3.18. The number of halogens is 2. The number of hydrogen-bond donors (Lipinski definition) is 3. The maximum Gasteiger partial charge on any atom is 0.240 e. The molecule has 2 fully saturated rings. The van der Waals surface area contributed by atoms with Crippen molar-refractivity contribution in [2.24, 2.45) is 0 Å². The fraction of sp³-hybridized carbons (Fsp3) is 0.478. The van der Waals surface area contributed by atoms with Crippen LogP contribution in [-0.4, -0.2) is 94.3 Å². The van der Waals surface area contributed by atoms with Crippen LogP contribution in [0.2, 0.25) is 0 Å². The molecule has 0 saturated carbocycles. The van der Waals surface area contributed by atoms with E-state index in [1.54, 1.807) is 25.3 Å². The number of anilines is 1. The van der Waals surface area contributed by atoms with Gasteiger partial charge >= 0.3 is 0 Å². The number of nitrogens with zero attached hydrogens (tertiary/aromatic N) is 2. The highest BCUT2D eigenvalue weighted by Crippen LogP contribution is 2.31. The molecule has 2 aliphatic rings. The van der Waals surface area contributed by atoms with Crippen LogP contribution in [0.4, 0.5) is 5.69 Å². The fourth-order valence-corrected chi connectivity index (χ4v) is 5.69. The zero-order valence-electron chi connectivity index (χ0n) is 19.4. The van der Waals surface area contributed by atoms with Crippen molar-refractivity contribution >= 4 is 40.5 Å². The summed E-state index contributed by atoms with van der Waals surface area (Å²) < 4.78 is 39.3. The van der Waals surface area contributed by atoms with Gasteiger partial charge < -0.3 is 24.6 Å². The third kappa shape index (κ3) is 6.58. The molecule has 4 atom stereocenters. The Balaban J connectivity index is 0.00000216. The maximum atomic E-state index is 12.7. The van der Waals surface area contributed by atoms with Gasteiger partial charge in [0.05, 0.1) is 36.4 Å². The number of rotatable bonds is 8. The van der Waals surface area contributed by atoms with Crippen LogP contribution in [0.5, 0.6) is 5.75 Å². The molecule has 2 aromatic carbocycles. The molecule has 196 valence electrons. The summed E-state index contributed by atoms with van der Waals surface area (Å²) in [6.45, 7) is 2.42. The highest BCUT2D eigenvalue weighted by atomic mass is 35.5. The third-order valence-corrected chi connectivity index (χ3v) is 7.77. The number of ether oxygens (including phenoxy) is 2. The molecule has 0 amide bonds. The molecule has 4 rings (SSSR count). The highest BCUT2D eigenvalue weighted by Gasteiger charge is 2.47. The average molecular weight is 551 g/mol. The molecule has 2 saturated heterocycles. The Morgan fingerprint density at radius 3 is 2.26 bits per heavy atom. The van der Waals surface area contributed by atoms with E-state index < -0.39 is 34.4 Å². The molecule has 0 aliphatic carbocycles. The van der Waals surface area contributed by atoms with Gasteiger partial charge in [0.15, 0.2) is 0 Å². The number of sulfonamides is 1. The molecule has 12 heteroatoms. The molecule has 0 radical (unpaired) electrons. The minimum atomic E-state index is -3.71. The van der Waals surface area contributed by atoms with Crippen molar-refractivity contribution in [1.82, 2.24) is 9.62 Å². The largest absolute Gasteiger partial charge is 0.495 e. The second-order valence-electron chi connectivity index (χ2n) is 8.24. The Kier molecular flexibility index (Phi) is 11.1. The van der Waals surface area contributed by atoms with Crippen LogP contribution in [0.15, 0.2) is 59.5 Å². The van der Waals surface area contributed by atoms with Crippen LogP contribution in [0.25, 0.3) is 0 Å². The highest BCUT2D eigenvalue weighted by molar-refractivity contribution is 7.89. The van der Waals surface area contributed by atoms with Gasteiger partial charge in [0.25, 0.3) is 0 Å². The van der Waals surface area contributed by atoms with Gasteiger partial charge in [-0.05, 0) is 24.3 Å². The van der Waals surface area contributed by atoms with E-state index >= 15 is 0 Å². The molecular weight excluding hydrogens is 517 g/mol. The summed E-state index contributed by atoms with van der Waals surface area (Å²) in [5.74, 6) is 0.809. The van der Waals surface area contributed by atoms with E-state index in [1.807, 2.05) is 24.3 Å². The number of aliphatic hydroxyl groups excluding tert-OH is 2. The molecular formula is C23H33Cl2N3O6S. The minimum Gasteiger partial charge on any atom is -0.495 e. The van der Waals surface area contributed by atoms with Crippen molar-refractivity contribution in [1.29, 1.82) is 0 Å². The number of methoxy groups -OCH3 is 1. The minimum absolute atomic E-state index is 0. The molecule has 0 aromatic heterocycles. The number of hydrogen-bond acceptors (Lipinski definition) is 8. The van der Waals surface area contributed by atoms with E-state index in [1.165, 1.54) is 12.1 Å². The van der Waals surface area contributed by atoms with Crippen molar-refractivity contribution in [3.8, 4) is 5.75 Å². The summed E-state index contributed by atoms with van der Waals surface area (Å²) in [6, 6.07) is 15.5. The summed E-state index contributed by atoms with van der Waals surface area (Å²) in [6.07, 6.45) is -2.26. The topological polar surface area (TPSA) is 112 Å². The van der Waals surface area contributed by atoms with Crippen LogP contribution in [0, 0.1) is 0 Å². The lowest BCUT2D eigenvalue weighted by Crippen LogP contribution is -2.57. The summed E-state index contributed by atoms with van der Waals surface area (Å²) in [5, 5.41) is 20.5. The summed E-state index contributed by atoms with van der Waals surface area (Å²) in [7, 11) is -2.06. The van der Waals surface area contributed by atoms with E-state index in [2.05, 4.69) is 14.5 Å². The van der Waals surface area contributed by atoms with Crippen LogP contribution >= 0.6 is 24.8 Å². The molecule has 0 spiro atoms. The Labute approximate surface area is 218 Å². The second-order valence-corrected chi connectivity index (χ2v) is 10.0. The summed E-state index contributed by atoms with van der Waals surface area (Å²) in [5.41, 5.74) is 1.02. The molecule has 2 aliphatic heterocycles. The SMILES string of the molecule is COc1ccccc1N1CCN([C@@H]2[C@H](O)[C@H](CO)O[C@@H]2CNS(=O)(=O)c2ccccc2)CC1.Cl.Cl. The molecule has 35 heavy (non-hydrogen) atoms. The maximum absolute atomic E-state index is 12.7. The smallest absolute Gasteiger partial charge is 0.240 e. The number of nitrogens with one attached hydrogen (secondary N) is 1. The van der Waals surface area contributed by atoms with Crippen LogP contribution in [0.3, 0.4) is 0 Å². The Bertz CT molecular complexity index is 1020. The van der Waals surface area contributed by atoms with Crippen LogP contribution < -0.4 is 14.4 Å². The first kappa shape index (κ1) is 29.6. The third-order valence-electron chi connectivity index (χ3n) is 6.33. The predicted octanol–water partition coefficient (Wildman–Crippen LogP) is 1.13. The number of para-hydroxylation sites is 2. The van der Waals surface area contributed by atoms with Gasteiger partial charge in [-0.15, -0.1) is 24.8 Å². The monoisotopic (exact) mass is 549 g/mol. The van der Waals surface area contributed by atoms with Gasteiger partial charge in [0, 0.05) is 32.7 Å². The van der Waals surface area contributed by atoms with Crippen molar-refractivity contribution in [3.05, 3.63) is 54.6 Å². The number of benzene rings is 2. The zero-order chi connectivity index (χ0) is 23.4. The summed E-state index contributed by atoms with van der Waals surface area (Å²) in [4.78, 5) is 4.52. The van der Waals surface area contributed by atoms with Crippen molar-refractivity contribution in [2.45, 2.75) is 29.2 Å². The van der Waals surface area contributed by atoms with Gasteiger partial charge in [-0.3, -0.25) is 4.90 Å². The van der Waals surface area contributed by atoms with E-state index in [4.69, 9.17) is 9.47 Å². The van der Waals surface area contributed by atoms with Crippen molar-refractivity contribution in [3.63, 3.8) is 0 Å². The first-order valence-electron chi connectivity index (χ1n) is 11.1. The first-order chi connectivity index (χ1) is 15.9. The zero-order valence-corrected chi connectivity index (χ0v) is 21.8. The van der Waals surface area contributed by atoms with Gasteiger partial charge in [-0.1, -0.05) is 30.3 Å². The first-order valence-corrected chi connectivity index (χ1v) is 12.5. The second kappa shape index (κ2) is 13.1. The number of piperazine rings is 1. The van der Waals surface area contributed by atoms with E-state index in [0.717, 1.165) is 24.5 Å². The quantitative estimate of drug-likeness (QED) is 0.449. The van der Waals surface area contributed by atoms with Gasteiger partial charge in [0.1, 0.15) is 18.0 Å². The molecule has 3 N–H and O–H groups in total. The van der Waals surface area contributed by atoms with Gasteiger partial charge in [0.2, 0.25) is 10.0 Å². The van der Waals surface area contributed by atoms with Crippen LogP contribution in [0.1, 0.15) is 0 Å². The molecule has 2 aromatic rings. The van der Waals surface area contributed by atoms with Crippen molar-refractivity contribution in [2.75, 3.05) is 51.3 Å². The van der Waals surface area contributed by atoms with E-state index in [9.17, 15) is 18.6 Å². The van der Waals surface area contributed by atoms with Crippen molar-refractivity contribution < 1.29 is 28.1 Å². The van der Waals surface area contributed by atoms with E-state index in [-0.39, 0.29) is 42.9 Å². The lowest BCUT2D eigenvalue weighted by molar-refractivity contribution is -0.0201. The van der Waals surface area contributed by atoms with Gasteiger partial charge in [-0.25, -0.2) is 13.1 Å². The molecule has 2 heterocycles. The Hall–Kier alpha value is -1.63. The Morgan fingerprint density at radius 1 is 1.00 bits per heavy atom. The predicted molar refractivity (Wildman–Crippen MR) is 138 cm³/mol. The molecule has 0 unspecified atom stereocenters. The van der Waals surface area contributed by atoms with E-state index in [0.29, 0.717) is 13.1 Å². The lowest BCUT2D eigenvalue weighted by Gasteiger charge is -2.41. The standard InChI is InChI=1S/C23H31N3O6S.2ClH/c1-31-19-10-6-5-9-18(19)25-11-13-26(14-12-25)22-20(32-21(16-27)23(22)28)15-24-33(29,30)17-7-3-2-4-8-17;;/h2-10,20-24,27-28H,11-16H2,1H3;2*1H/t20-,21+,22+,23-;;/m1../s1. The summed E-state index contributed by atoms with van der Waals surface area (Å²) >= 11 is 0.